The van der Waals surface area contributed by atoms with Crippen LogP contribution in [0.15, 0.2) is 71.8 Å². The summed E-state index contributed by atoms with van der Waals surface area (Å²) < 4.78 is 29.8. The maximum absolute atomic E-state index is 13.0. The lowest BCUT2D eigenvalue weighted by atomic mass is 10.2. The molecule has 2 aromatic carbocycles. The van der Waals surface area contributed by atoms with Gasteiger partial charge in [0, 0.05) is 37.4 Å². The molecular weight excluding hydrogens is 420 g/mol. The van der Waals surface area contributed by atoms with Crippen molar-refractivity contribution in [2.24, 2.45) is 0 Å². The van der Waals surface area contributed by atoms with E-state index in [1.807, 2.05) is 42.6 Å². The molecule has 0 atom stereocenters. The van der Waals surface area contributed by atoms with Gasteiger partial charge in [0.05, 0.1) is 21.4 Å². The van der Waals surface area contributed by atoms with E-state index in [0.717, 1.165) is 35.3 Å². The largest absolute Gasteiger partial charge is 0.353 e. The molecule has 1 aliphatic heterocycles. The molecule has 1 saturated heterocycles. The van der Waals surface area contributed by atoms with Crippen molar-refractivity contribution in [3.63, 3.8) is 0 Å². The molecular formula is C22H21ClN4O2S. The van der Waals surface area contributed by atoms with E-state index in [9.17, 15) is 8.42 Å². The minimum Gasteiger partial charge on any atom is -0.353 e. The van der Waals surface area contributed by atoms with Gasteiger partial charge in [0.1, 0.15) is 0 Å². The summed E-state index contributed by atoms with van der Waals surface area (Å²) in [5.74, 6) is 0.855. The highest BCUT2D eigenvalue weighted by Gasteiger charge is 2.27. The molecule has 0 spiro atoms. The summed E-state index contributed by atoms with van der Waals surface area (Å²) in [4.78, 5) is 7.42. The molecule has 1 fully saturated rings. The van der Waals surface area contributed by atoms with Crippen molar-refractivity contribution in [2.75, 3.05) is 31.1 Å². The summed E-state index contributed by atoms with van der Waals surface area (Å²) in [6.07, 6.45) is 2.74. The van der Waals surface area contributed by atoms with Crippen LogP contribution in [0, 0.1) is 0 Å². The molecule has 5 rings (SSSR count). The number of sulfonamides is 1. The second-order valence-corrected chi connectivity index (χ2v) is 9.76. The van der Waals surface area contributed by atoms with Crippen molar-refractivity contribution in [2.45, 2.75) is 11.3 Å². The molecule has 8 heteroatoms. The van der Waals surface area contributed by atoms with E-state index >= 15 is 0 Å². The van der Waals surface area contributed by atoms with Gasteiger partial charge in [0.25, 0.3) is 0 Å². The molecule has 6 nitrogen and oxygen atoms in total. The third-order valence-electron chi connectivity index (χ3n) is 5.54. The van der Waals surface area contributed by atoms with Crippen LogP contribution in [0.4, 0.5) is 5.82 Å². The number of aromatic nitrogens is 2. The first-order valence-electron chi connectivity index (χ1n) is 9.90. The monoisotopic (exact) mass is 440 g/mol. The molecule has 3 heterocycles. The molecule has 0 bridgehead atoms. The maximum Gasteiger partial charge on any atom is 0.243 e. The van der Waals surface area contributed by atoms with Crippen LogP contribution in [-0.2, 0) is 10.0 Å². The van der Waals surface area contributed by atoms with E-state index in [0.29, 0.717) is 29.6 Å². The molecule has 0 aliphatic carbocycles. The van der Waals surface area contributed by atoms with Crippen molar-refractivity contribution in [1.82, 2.24) is 13.7 Å². The van der Waals surface area contributed by atoms with E-state index in [4.69, 9.17) is 16.6 Å². The summed E-state index contributed by atoms with van der Waals surface area (Å²) in [7, 11) is -3.50. The van der Waals surface area contributed by atoms with Gasteiger partial charge in [-0.25, -0.2) is 13.4 Å². The predicted molar refractivity (Wildman–Crippen MR) is 120 cm³/mol. The number of hydrogen-bond donors (Lipinski definition) is 0. The summed E-state index contributed by atoms with van der Waals surface area (Å²) >= 11 is 6.20. The van der Waals surface area contributed by atoms with Crippen molar-refractivity contribution in [3.05, 3.63) is 71.9 Å². The lowest BCUT2D eigenvalue weighted by Crippen LogP contribution is -2.35. The van der Waals surface area contributed by atoms with Gasteiger partial charge in [-0.3, -0.25) is 0 Å². The van der Waals surface area contributed by atoms with E-state index < -0.39 is 10.0 Å². The number of fused-ring (bicyclic) bond motifs is 3. The highest BCUT2D eigenvalue weighted by atomic mass is 35.5. The van der Waals surface area contributed by atoms with E-state index in [1.54, 1.807) is 28.6 Å². The number of nitrogens with zero attached hydrogens (tertiary/aromatic N) is 4. The third kappa shape index (κ3) is 3.33. The summed E-state index contributed by atoms with van der Waals surface area (Å²) in [5.41, 5.74) is 2.81. The summed E-state index contributed by atoms with van der Waals surface area (Å²) in [5, 5.41) is 0.642. The predicted octanol–water partition coefficient (Wildman–Crippen LogP) is 4.04. The molecule has 0 amide bonds. The fourth-order valence-corrected chi connectivity index (χ4v) is 5.71. The van der Waals surface area contributed by atoms with Crippen LogP contribution >= 0.6 is 11.6 Å². The molecule has 0 radical (unpaired) electrons. The van der Waals surface area contributed by atoms with Gasteiger partial charge in [-0.15, -0.1) is 0 Å². The first-order chi connectivity index (χ1) is 14.5. The Kier molecular flexibility index (Phi) is 4.89. The number of hydrogen-bond acceptors (Lipinski definition) is 4. The Bertz CT molecular complexity index is 1320. The van der Waals surface area contributed by atoms with Crippen LogP contribution < -0.4 is 4.90 Å². The summed E-state index contributed by atoms with van der Waals surface area (Å²) in [6, 6.07) is 18.4. The van der Waals surface area contributed by atoms with Crippen LogP contribution in [-0.4, -0.2) is 48.3 Å². The average Bonchev–Trinajstić information content (AvgIpc) is 3.11. The minimum atomic E-state index is -3.50. The van der Waals surface area contributed by atoms with Gasteiger partial charge in [0.2, 0.25) is 10.0 Å². The standard InChI is InChI=1S/C22H21ClN4O2S/c23-17-9-10-20-19(16-17)24-22(21-8-4-13-27(20)21)25-11-5-12-26(15-14-25)30(28,29)18-6-2-1-3-7-18/h1-4,6-10,13,16H,5,11-12,14-15H2. The van der Waals surface area contributed by atoms with Crippen molar-refractivity contribution >= 4 is 44.0 Å². The minimum absolute atomic E-state index is 0.339. The van der Waals surface area contributed by atoms with Gasteiger partial charge in [-0.2, -0.15) is 4.31 Å². The Morgan fingerprint density at radius 3 is 2.53 bits per heavy atom. The van der Waals surface area contributed by atoms with Crippen molar-refractivity contribution < 1.29 is 8.42 Å². The molecule has 1 aliphatic rings. The molecule has 4 aromatic rings. The lowest BCUT2D eigenvalue weighted by molar-refractivity contribution is 0.433. The van der Waals surface area contributed by atoms with Crippen molar-refractivity contribution in [3.8, 4) is 0 Å². The zero-order valence-corrected chi connectivity index (χ0v) is 17.9. The maximum atomic E-state index is 13.0. The number of benzene rings is 2. The number of anilines is 1. The van der Waals surface area contributed by atoms with Crippen LogP contribution in [0.2, 0.25) is 5.02 Å². The lowest BCUT2D eigenvalue weighted by Gasteiger charge is -2.24. The average molecular weight is 441 g/mol. The first-order valence-corrected chi connectivity index (χ1v) is 11.7. The topological polar surface area (TPSA) is 57.9 Å². The molecule has 0 unspecified atom stereocenters. The number of rotatable bonds is 3. The Balaban J connectivity index is 1.49. The Morgan fingerprint density at radius 2 is 1.70 bits per heavy atom. The van der Waals surface area contributed by atoms with Crippen LogP contribution in [0.5, 0.6) is 0 Å². The Labute approximate surface area is 180 Å². The molecule has 154 valence electrons. The Hall–Kier alpha value is -2.61. The van der Waals surface area contributed by atoms with Crippen LogP contribution in [0.3, 0.4) is 0 Å². The van der Waals surface area contributed by atoms with Gasteiger partial charge in [-0.05, 0) is 48.9 Å². The van der Waals surface area contributed by atoms with E-state index in [2.05, 4.69) is 9.30 Å². The van der Waals surface area contributed by atoms with E-state index in [-0.39, 0.29) is 0 Å². The van der Waals surface area contributed by atoms with Crippen LogP contribution in [0.1, 0.15) is 6.42 Å². The molecule has 0 N–H and O–H groups in total. The zero-order valence-electron chi connectivity index (χ0n) is 16.3. The molecule has 2 aromatic heterocycles. The fraction of sp³-hybridized carbons (Fsp3) is 0.227. The van der Waals surface area contributed by atoms with Crippen molar-refractivity contribution in [1.29, 1.82) is 0 Å². The molecule has 0 saturated carbocycles. The van der Waals surface area contributed by atoms with Crippen LogP contribution in [0.25, 0.3) is 16.6 Å². The second-order valence-electron chi connectivity index (χ2n) is 7.39. The third-order valence-corrected chi connectivity index (χ3v) is 7.68. The highest BCUT2D eigenvalue weighted by molar-refractivity contribution is 7.89. The quantitative estimate of drug-likeness (QED) is 0.482. The zero-order chi connectivity index (χ0) is 20.7. The van der Waals surface area contributed by atoms with Gasteiger partial charge < -0.3 is 9.30 Å². The normalized spacial score (nSPS) is 16.2. The first kappa shape index (κ1) is 19.4. The van der Waals surface area contributed by atoms with E-state index in [1.165, 1.54) is 0 Å². The molecule has 30 heavy (non-hydrogen) atoms. The fourth-order valence-electron chi connectivity index (χ4n) is 4.05. The second kappa shape index (κ2) is 7.58. The smallest absolute Gasteiger partial charge is 0.243 e. The highest BCUT2D eigenvalue weighted by Crippen LogP contribution is 2.28. The van der Waals surface area contributed by atoms with Gasteiger partial charge >= 0.3 is 0 Å². The van der Waals surface area contributed by atoms with Gasteiger partial charge in [-0.1, -0.05) is 29.8 Å². The summed E-state index contributed by atoms with van der Waals surface area (Å²) in [6.45, 7) is 2.22. The number of halogens is 1. The SMILES string of the molecule is O=S(=O)(c1ccccc1)N1CCCN(c2nc3cc(Cl)ccc3n3cccc23)CC1. The van der Waals surface area contributed by atoms with Gasteiger partial charge in [0.15, 0.2) is 5.82 Å². The Morgan fingerprint density at radius 1 is 0.867 bits per heavy atom.